The predicted octanol–water partition coefficient (Wildman–Crippen LogP) is 4.13. The van der Waals surface area contributed by atoms with E-state index in [0.29, 0.717) is 32.9 Å². The normalized spacial score (nSPS) is 11.6. The zero-order valence-electron chi connectivity index (χ0n) is 15.3. The summed E-state index contributed by atoms with van der Waals surface area (Å²) in [6.45, 7) is 5.46. The molecule has 0 aliphatic rings. The van der Waals surface area contributed by atoms with Crippen LogP contribution in [0.3, 0.4) is 0 Å². The lowest BCUT2D eigenvalue weighted by Gasteiger charge is -2.19. The van der Waals surface area contributed by atoms with Crippen molar-refractivity contribution in [1.29, 1.82) is 0 Å². The van der Waals surface area contributed by atoms with Crippen LogP contribution in [0.2, 0.25) is 0 Å². The smallest absolute Gasteiger partial charge is 0.306 e. The molecule has 0 aliphatic heterocycles. The van der Waals surface area contributed by atoms with Crippen LogP contribution in [0.4, 0.5) is 4.39 Å². The summed E-state index contributed by atoms with van der Waals surface area (Å²) < 4.78 is 19.3. The number of pyridine rings is 1. The van der Waals surface area contributed by atoms with Gasteiger partial charge in [-0.25, -0.2) is 4.39 Å². The maximum absolute atomic E-state index is 13.5. The van der Waals surface area contributed by atoms with Crippen molar-refractivity contribution in [3.63, 3.8) is 0 Å². The highest BCUT2D eigenvalue weighted by Crippen LogP contribution is 2.25. The standard InChI is InChI=1S/C20H19FN2O3S/c1-20(2,3)26-17(24)10-8-13-5-4-6-15(22-13)19-23-18(25)14-9-7-12(21)11-16(14)27-19/h4-7,9,11H,8,10H2,1-3H3. The maximum atomic E-state index is 13.5. The Hall–Kier alpha value is -2.67. The summed E-state index contributed by atoms with van der Waals surface area (Å²) in [5, 5.41) is 0.795. The van der Waals surface area contributed by atoms with E-state index in [1.165, 1.54) is 29.5 Å². The molecule has 27 heavy (non-hydrogen) atoms. The predicted molar refractivity (Wildman–Crippen MR) is 103 cm³/mol. The quantitative estimate of drug-likeness (QED) is 0.631. The van der Waals surface area contributed by atoms with Gasteiger partial charge in [0.15, 0.2) is 0 Å². The van der Waals surface area contributed by atoms with E-state index in [2.05, 4.69) is 9.97 Å². The van der Waals surface area contributed by atoms with Crippen molar-refractivity contribution in [3.8, 4) is 10.7 Å². The molecule has 0 atom stereocenters. The summed E-state index contributed by atoms with van der Waals surface area (Å²) in [7, 11) is 0. The molecule has 140 valence electrons. The minimum atomic E-state index is -0.525. The average molecular weight is 386 g/mol. The minimum absolute atomic E-state index is 0.209. The Bertz CT molecular complexity index is 1060. The van der Waals surface area contributed by atoms with Crippen LogP contribution in [-0.4, -0.2) is 21.5 Å². The number of nitrogens with zero attached hydrogens (tertiary/aromatic N) is 2. The molecule has 0 amide bonds. The fourth-order valence-electron chi connectivity index (χ4n) is 2.51. The third-order valence-corrected chi connectivity index (χ3v) is 4.67. The van der Waals surface area contributed by atoms with E-state index in [-0.39, 0.29) is 12.4 Å². The number of aromatic nitrogens is 2. The van der Waals surface area contributed by atoms with Crippen LogP contribution in [0, 0.1) is 5.82 Å². The SMILES string of the molecule is CC(C)(C)OC(=O)CCc1cccc(-c2nc(=O)c3ccc(F)cc3s2)n1. The van der Waals surface area contributed by atoms with Gasteiger partial charge in [0, 0.05) is 16.8 Å². The average Bonchev–Trinajstić information content (AvgIpc) is 2.58. The molecule has 0 unspecified atom stereocenters. The van der Waals surface area contributed by atoms with Gasteiger partial charge < -0.3 is 4.74 Å². The molecule has 0 spiro atoms. The summed E-state index contributed by atoms with van der Waals surface area (Å²) in [6.07, 6.45) is 0.625. The number of aryl methyl sites for hydroxylation is 1. The Morgan fingerprint density at radius 1 is 1.19 bits per heavy atom. The molecule has 0 aliphatic carbocycles. The third kappa shape index (κ3) is 4.95. The molecular weight excluding hydrogens is 367 g/mol. The zero-order chi connectivity index (χ0) is 19.6. The number of rotatable bonds is 4. The van der Waals surface area contributed by atoms with Crippen LogP contribution in [0.1, 0.15) is 32.9 Å². The van der Waals surface area contributed by atoms with Crippen LogP contribution < -0.4 is 5.56 Å². The van der Waals surface area contributed by atoms with Gasteiger partial charge in [0.1, 0.15) is 16.4 Å². The third-order valence-electron chi connectivity index (χ3n) is 3.61. The molecule has 0 radical (unpaired) electrons. The molecule has 2 heterocycles. The summed E-state index contributed by atoms with van der Waals surface area (Å²) >= 11 is 1.20. The van der Waals surface area contributed by atoms with Gasteiger partial charge in [-0.2, -0.15) is 4.98 Å². The summed E-state index contributed by atoms with van der Waals surface area (Å²) in [6, 6.07) is 9.33. The number of hydrogen-bond acceptors (Lipinski definition) is 6. The van der Waals surface area contributed by atoms with Crippen molar-refractivity contribution < 1.29 is 13.9 Å². The van der Waals surface area contributed by atoms with Crippen molar-refractivity contribution in [2.75, 3.05) is 0 Å². The summed E-state index contributed by atoms with van der Waals surface area (Å²) in [4.78, 5) is 32.6. The summed E-state index contributed by atoms with van der Waals surface area (Å²) in [5.74, 6) is -0.701. The molecule has 0 bridgehead atoms. The molecule has 5 nitrogen and oxygen atoms in total. The Kier molecular flexibility index (Phi) is 5.32. The minimum Gasteiger partial charge on any atom is -0.460 e. The largest absolute Gasteiger partial charge is 0.460 e. The van der Waals surface area contributed by atoms with Crippen LogP contribution in [0.15, 0.2) is 41.2 Å². The van der Waals surface area contributed by atoms with Gasteiger partial charge in [0.05, 0.1) is 17.5 Å². The van der Waals surface area contributed by atoms with Crippen LogP contribution in [0.25, 0.3) is 20.8 Å². The zero-order valence-corrected chi connectivity index (χ0v) is 16.1. The maximum Gasteiger partial charge on any atom is 0.306 e. The first-order valence-corrected chi connectivity index (χ1v) is 9.31. The Balaban J connectivity index is 1.84. The molecule has 2 aromatic heterocycles. The van der Waals surface area contributed by atoms with Crippen LogP contribution >= 0.6 is 11.3 Å². The first-order chi connectivity index (χ1) is 12.7. The Labute approximate surface area is 159 Å². The number of carbonyl (C=O) groups is 1. The van der Waals surface area contributed by atoms with Gasteiger partial charge in [0.25, 0.3) is 5.56 Å². The molecule has 3 aromatic rings. The van der Waals surface area contributed by atoms with Gasteiger partial charge in [-0.1, -0.05) is 6.07 Å². The first-order valence-electron chi connectivity index (χ1n) is 8.50. The molecular formula is C20H19FN2O3S. The van der Waals surface area contributed by atoms with Gasteiger partial charge in [-0.05, 0) is 51.1 Å². The second-order valence-electron chi connectivity index (χ2n) is 7.07. The lowest BCUT2D eigenvalue weighted by molar-refractivity contribution is -0.154. The van der Waals surface area contributed by atoms with E-state index < -0.39 is 17.0 Å². The topological polar surface area (TPSA) is 69.2 Å². The lowest BCUT2D eigenvalue weighted by Crippen LogP contribution is -2.24. The fourth-order valence-corrected chi connectivity index (χ4v) is 3.50. The van der Waals surface area contributed by atoms with E-state index in [9.17, 15) is 14.0 Å². The van der Waals surface area contributed by atoms with Gasteiger partial charge in [-0.15, -0.1) is 11.3 Å². The number of carbonyl (C=O) groups excluding carboxylic acids is 1. The molecule has 3 rings (SSSR count). The van der Waals surface area contributed by atoms with Crippen molar-refractivity contribution >= 4 is 27.4 Å². The van der Waals surface area contributed by atoms with E-state index in [1.807, 2.05) is 20.8 Å². The van der Waals surface area contributed by atoms with Gasteiger partial charge >= 0.3 is 5.97 Å². The molecule has 7 heteroatoms. The number of esters is 1. The van der Waals surface area contributed by atoms with Crippen molar-refractivity contribution in [3.05, 3.63) is 58.3 Å². The highest BCUT2D eigenvalue weighted by molar-refractivity contribution is 7.21. The second-order valence-corrected chi connectivity index (χ2v) is 8.10. The molecule has 0 N–H and O–H groups in total. The van der Waals surface area contributed by atoms with E-state index in [4.69, 9.17) is 4.74 Å². The number of benzene rings is 1. The lowest BCUT2D eigenvalue weighted by atomic mass is 10.1. The molecule has 1 aromatic carbocycles. The number of halogens is 1. The fraction of sp³-hybridized carbons (Fsp3) is 0.300. The Morgan fingerprint density at radius 3 is 2.70 bits per heavy atom. The highest BCUT2D eigenvalue weighted by atomic mass is 32.1. The monoisotopic (exact) mass is 386 g/mol. The van der Waals surface area contributed by atoms with Crippen LogP contribution in [-0.2, 0) is 16.0 Å². The van der Waals surface area contributed by atoms with E-state index >= 15 is 0 Å². The number of fused-ring (bicyclic) bond motifs is 1. The van der Waals surface area contributed by atoms with E-state index in [0.717, 1.165) is 0 Å². The van der Waals surface area contributed by atoms with Gasteiger partial charge in [-0.3, -0.25) is 14.6 Å². The van der Waals surface area contributed by atoms with Crippen molar-refractivity contribution in [1.82, 2.24) is 9.97 Å². The van der Waals surface area contributed by atoms with E-state index in [1.54, 1.807) is 18.2 Å². The van der Waals surface area contributed by atoms with Crippen LogP contribution in [0.5, 0.6) is 0 Å². The van der Waals surface area contributed by atoms with Crippen molar-refractivity contribution in [2.24, 2.45) is 0 Å². The second kappa shape index (κ2) is 7.52. The van der Waals surface area contributed by atoms with Gasteiger partial charge in [0.2, 0.25) is 0 Å². The molecule has 0 saturated heterocycles. The number of hydrogen-bond donors (Lipinski definition) is 0. The molecule has 0 saturated carbocycles. The highest BCUT2D eigenvalue weighted by Gasteiger charge is 2.16. The summed E-state index contributed by atoms with van der Waals surface area (Å²) in [5.41, 5.74) is 0.270. The van der Waals surface area contributed by atoms with Crippen molar-refractivity contribution in [2.45, 2.75) is 39.2 Å². The molecule has 0 fully saturated rings. The Morgan fingerprint density at radius 2 is 1.96 bits per heavy atom. The number of ether oxygens (including phenoxy) is 1. The first kappa shape index (κ1) is 19.1.